The molecule has 6 heteroatoms. The van der Waals surface area contributed by atoms with E-state index in [1.54, 1.807) is 0 Å². The first-order valence-corrected chi connectivity index (χ1v) is 8.82. The van der Waals surface area contributed by atoms with Gasteiger partial charge in [-0.2, -0.15) is 0 Å². The van der Waals surface area contributed by atoms with Gasteiger partial charge in [-0.3, -0.25) is 4.79 Å². The largest absolute Gasteiger partial charge is 0.379 e. The van der Waals surface area contributed by atoms with Crippen LogP contribution in [0.25, 0.3) is 10.9 Å². The number of nitrogens with one attached hydrogen (secondary N) is 2. The molecule has 0 radical (unpaired) electrons. The number of aromatic amines is 1. The highest BCUT2D eigenvalue weighted by Gasteiger charge is 2.28. The Labute approximate surface area is 148 Å². The summed E-state index contributed by atoms with van der Waals surface area (Å²) in [5, 5.41) is 4.19. The number of carbonyl (C=O) groups is 1. The van der Waals surface area contributed by atoms with Gasteiger partial charge in [-0.05, 0) is 32.1 Å². The van der Waals surface area contributed by atoms with E-state index in [1.165, 1.54) is 0 Å². The molecule has 0 aliphatic carbocycles. The number of carbonyl (C=O) groups excluding carboxylic acids is 1. The van der Waals surface area contributed by atoms with Gasteiger partial charge in [0.1, 0.15) is 0 Å². The highest BCUT2D eigenvalue weighted by molar-refractivity contribution is 5.88. The summed E-state index contributed by atoms with van der Waals surface area (Å²) in [6.07, 6.45) is 3.09. The van der Waals surface area contributed by atoms with E-state index in [4.69, 9.17) is 9.47 Å². The first-order valence-electron chi connectivity index (χ1n) is 8.82. The molecule has 2 atom stereocenters. The van der Waals surface area contributed by atoms with Crippen LogP contribution in [-0.4, -0.2) is 68.4 Å². The Hall–Kier alpha value is -1.89. The van der Waals surface area contributed by atoms with Gasteiger partial charge in [0.05, 0.1) is 31.8 Å². The minimum absolute atomic E-state index is 0.00135. The maximum Gasteiger partial charge on any atom is 0.224 e. The first kappa shape index (κ1) is 17.9. The molecule has 2 heterocycles. The maximum atomic E-state index is 12.5. The lowest BCUT2D eigenvalue weighted by Crippen LogP contribution is -2.51. The van der Waals surface area contributed by atoms with Crippen molar-refractivity contribution >= 4 is 16.8 Å². The minimum atomic E-state index is -0.0892. The van der Waals surface area contributed by atoms with Gasteiger partial charge in [0.25, 0.3) is 0 Å². The number of aromatic nitrogens is 1. The van der Waals surface area contributed by atoms with Crippen LogP contribution < -0.4 is 5.32 Å². The van der Waals surface area contributed by atoms with E-state index in [1.807, 2.05) is 44.6 Å². The first-order chi connectivity index (χ1) is 12.1. The summed E-state index contributed by atoms with van der Waals surface area (Å²) in [6.45, 7) is 2.72. The number of ether oxygens (including phenoxy) is 2. The minimum Gasteiger partial charge on any atom is -0.379 e. The Morgan fingerprint density at radius 1 is 1.40 bits per heavy atom. The fraction of sp³-hybridized carbons (Fsp3) is 0.526. The molecule has 2 N–H and O–H groups in total. The predicted octanol–water partition coefficient (Wildman–Crippen LogP) is 1.56. The summed E-state index contributed by atoms with van der Waals surface area (Å²) in [4.78, 5) is 17.8. The van der Waals surface area contributed by atoms with Crippen molar-refractivity contribution < 1.29 is 14.3 Å². The number of hydrogen-bond acceptors (Lipinski definition) is 4. The summed E-state index contributed by atoms with van der Waals surface area (Å²) >= 11 is 0. The van der Waals surface area contributed by atoms with Crippen LogP contribution in [0.2, 0.25) is 0 Å². The lowest BCUT2D eigenvalue weighted by Gasteiger charge is -2.32. The number of fused-ring (bicyclic) bond motifs is 1. The highest BCUT2D eigenvalue weighted by atomic mass is 16.5. The number of para-hydroxylation sites is 1. The SMILES string of the molecule is CN(C)CCO[C@H]1CCOC[C@H]1NC(=O)Cc1c[nH]c2ccccc12. The van der Waals surface area contributed by atoms with Crippen molar-refractivity contribution in [3.63, 3.8) is 0 Å². The Morgan fingerprint density at radius 2 is 2.24 bits per heavy atom. The Morgan fingerprint density at radius 3 is 3.08 bits per heavy atom. The van der Waals surface area contributed by atoms with Crippen molar-refractivity contribution in [2.45, 2.75) is 25.0 Å². The molecule has 1 aliphatic rings. The summed E-state index contributed by atoms with van der Waals surface area (Å²) in [6, 6.07) is 7.93. The monoisotopic (exact) mass is 345 g/mol. The van der Waals surface area contributed by atoms with Crippen molar-refractivity contribution in [2.24, 2.45) is 0 Å². The molecule has 25 heavy (non-hydrogen) atoms. The van der Waals surface area contributed by atoms with Crippen LogP contribution in [0.15, 0.2) is 30.5 Å². The molecule has 3 rings (SSSR count). The van der Waals surface area contributed by atoms with Gasteiger partial charge >= 0.3 is 0 Å². The van der Waals surface area contributed by atoms with Gasteiger partial charge in [-0.15, -0.1) is 0 Å². The fourth-order valence-corrected chi connectivity index (χ4v) is 3.15. The molecule has 136 valence electrons. The smallest absolute Gasteiger partial charge is 0.224 e. The summed E-state index contributed by atoms with van der Waals surface area (Å²) < 4.78 is 11.5. The molecule has 0 spiro atoms. The van der Waals surface area contributed by atoms with Gasteiger partial charge in [0, 0.05) is 30.3 Å². The zero-order valence-electron chi connectivity index (χ0n) is 15.0. The Kier molecular flexibility index (Phi) is 6.07. The van der Waals surface area contributed by atoms with E-state index < -0.39 is 0 Å². The van der Waals surface area contributed by atoms with Crippen LogP contribution in [0.1, 0.15) is 12.0 Å². The molecule has 0 unspecified atom stereocenters. The molecule has 1 fully saturated rings. The molecule has 0 bridgehead atoms. The van der Waals surface area contributed by atoms with Crippen LogP contribution in [-0.2, 0) is 20.7 Å². The van der Waals surface area contributed by atoms with Crippen LogP contribution in [0, 0.1) is 0 Å². The van der Waals surface area contributed by atoms with E-state index in [0.717, 1.165) is 29.4 Å². The number of likely N-dealkylation sites (N-methyl/N-ethyl adjacent to an activating group) is 1. The zero-order chi connectivity index (χ0) is 17.6. The number of amides is 1. The molecule has 1 amide bonds. The third kappa shape index (κ3) is 4.81. The average molecular weight is 345 g/mol. The molecular weight excluding hydrogens is 318 g/mol. The molecular formula is C19H27N3O3. The molecule has 1 aliphatic heterocycles. The maximum absolute atomic E-state index is 12.5. The molecule has 1 aromatic carbocycles. The second-order valence-corrected chi connectivity index (χ2v) is 6.79. The molecule has 1 saturated heterocycles. The molecule has 0 saturated carbocycles. The number of nitrogens with zero attached hydrogens (tertiary/aromatic N) is 1. The average Bonchev–Trinajstić information content (AvgIpc) is 2.99. The van der Waals surface area contributed by atoms with E-state index in [9.17, 15) is 4.79 Å². The standard InChI is InChI=1S/C19H27N3O3/c1-22(2)8-10-25-18-7-9-24-13-17(18)21-19(23)11-14-12-20-16-6-4-3-5-15(14)16/h3-6,12,17-18,20H,7-11,13H2,1-2H3,(H,21,23)/t17-,18+/m1/s1. The molecule has 2 aromatic rings. The van der Waals surface area contributed by atoms with Crippen molar-refractivity contribution in [1.82, 2.24) is 15.2 Å². The van der Waals surface area contributed by atoms with Gasteiger partial charge in [0.15, 0.2) is 0 Å². The van der Waals surface area contributed by atoms with E-state index in [0.29, 0.717) is 26.2 Å². The van der Waals surface area contributed by atoms with Crippen LogP contribution in [0.4, 0.5) is 0 Å². The van der Waals surface area contributed by atoms with Crippen molar-refractivity contribution in [2.75, 3.05) is 40.5 Å². The summed E-state index contributed by atoms with van der Waals surface area (Å²) in [7, 11) is 4.04. The van der Waals surface area contributed by atoms with Gasteiger partial charge in [-0.25, -0.2) is 0 Å². The summed E-state index contributed by atoms with van der Waals surface area (Å²) in [5.74, 6) is 0.00135. The van der Waals surface area contributed by atoms with Crippen molar-refractivity contribution in [3.8, 4) is 0 Å². The van der Waals surface area contributed by atoms with E-state index in [-0.39, 0.29) is 18.1 Å². The van der Waals surface area contributed by atoms with Crippen LogP contribution in [0.5, 0.6) is 0 Å². The quantitative estimate of drug-likeness (QED) is 0.799. The zero-order valence-corrected chi connectivity index (χ0v) is 15.0. The normalized spacial score (nSPS) is 20.9. The lowest BCUT2D eigenvalue weighted by molar-refractivity contribution is -0.125. The summed E-state index contributed by atoms with van der Waals surface area (Å²) in [5.41, 5.74) is 2.06. The number of H-pyrrole nitrogens is 1. The third-order valence-electron chi connectivity index (χ3n) is 4.54. The number of hydrogen-bond donors (Lipinski definition) is 2. The topological polar surface area (TPSA) is 66.6 Å². The number of rotatable bonds is 7. The van der Waals surface area contributed by atoms with E-state index in [2.05, 4.69) is 15.2 Å². The lowest BCUT2D eigenvalue weighted by atomic mass is 10.1. The van der Waals surface area contributed by atoms with Crippen molar-refractivity contribution in [1.29, 1.82) is 0 Å². The van der Waals surface area contributed by atoms with Gasteiger partial charge < -0.3 is 24.7 Å². The number of benzene rings is 1. The van der Waals surface area contributed by atoms with Crippen LogP contribution >= 0.6 is 0 Å². The highest BCUT2D eigenvalue weighted by Crippen LogP contribution is 2.18. The second kappa shape index (κ2) is 8.47. The van der Waals surface area contributed by atoms with Gasteiger partial charge in [0.2, 0.25) is 5.91 Å². The second-order valence-electron chi connectivity index (χ2n) is 6.79. The fourth-order valence-electron chi connectivity index (χ4n) is 3.15. The Balaban J connectivity index is 1.56. The third-order valence-corrected chi connectivity index (χ3v) is 4.54. The molecule has 1 aromatic heterocycles. The van der Waals surface area contributed by atoms with Gasteiger partial charge in [-0.1, -0.05) is 18.2 Å². The predicted molar refractivity (Wildman–Crippen MR) is 97.7 cm³/mol. The molecule has 6 nitrogen and oxygen atoms in total. The van der Waals surface area contributed by atoms with Crippen molar-refractivity contribution in [3.05, 3.63) is 36.0 Å². The van der Waals surface area contributed by atoms with E-state index >= 15 is 0 Å². The Bertz CT molecular complexity index is 698. The van der Waals surface area contributed by atoms with Crippen LogP contribution in [0.3, 0.4) is 0 Å².